The number of ether oxygens (including phenoxy) is 1. The quantitative estimate of drug-likeness (QED) is 0.729. The fourth-order valence-corrected chi connectivity index (χ4v) is 1.97. The molecule has 0 radical (unpaired) electrons. The van der Waals surface area contributed by atoms with Crippen molar-refractivity contribution in [3.63, 3.8) is 0 Å². The van der Waals surface area contributed by atoms with E-state index in [-0.39, 0.29) is 18.3 Å². The minimum absolute atomic E-state index is 0.0192. The lowest BCUT2D eigenvalue weighted by Crippen LogP contribution is -2.19. The van der Waals surface area contributed by atoms with Crippen LogP contribution < -0.4 is 11.1 Å². The monoisotopic (exact) mass is 268 g/mol. The Kier molecular flexibility index (Phi) is 6.24. The van der Waals surface area contributed by atoms with Crippen LogP contribution >= 0.6 is 11.8 Å². The van der Waals surface area contributed by atoms with Crippen molar-refractivity contribution in [3.05, 3.63) is 24.3 Å². The van der Waals surface area contributed by atoms with Gasteiger partial charge in [-0.25, -0.2) is 0 Å². The zero-order valence-electron chi connectivity index (χ0n) is 10.1. The second-order valence-corrected chi connectivity index (χ2v) is 4.45. The van der Waals surface area contributed by atoms with Crippen molar-refractivity contribution in [3.8, 4) is 0 Å². The zero-order valence-corrected chi connectivity index (χ0v) is 11.0. The van der Waals surface area contributed by atoms with E-state index >= 15 is 0 Å². The van der Waals surface area contributed by atoms with Crippen molar-refractivity contribution in [2.75, 3.05) is 24.3 Å². The maximum atomic E-state index is 11.5. The van der Waals surface area contributed by atoms with Crippen LogP contribution in [0.5, 0.6) is 0 Å². The summed E-state index contributed by atoms with van der Waals surface area (Å²) in [6.45, 7) is 2.33. The Morgan fingerprint density at radius 3 is 2.78 bits per heavy atom. The third-order valence-corrected chi connectivity index (χ3v) is 3.06. The number of rotatable bonds is 7. The summed E-state index contributed by atoms with van der Waals surface area (Å²) < 4.78 is 5.01. The summed E-state index contributed by atoms with van der Waals surface area (Å²) in [4.78, 5) is 23.1. The predicted molar refractivity (Wildman–Crippen MR) is 71.5 cm³/mol. The molecule has 6 heteroatoms. The van der Waals surface area contributed by atoms with E-state index in [1.807, 2.05) is 25.1 Å². The summed E-state index contributed by atoms with van der Waals surface area (Å²) in [7, 11) is 0. The van der Waals surface area contributed by atoms with E-state index in [9.17, 15) is 9.59 Å². The van der Waals surface area contributed by atoms with Crippen molar-refractivity contribution in [2.45, 2.75) is 11.8 Å². The van der Waals surface area contributed by atoms with Gasteiger partial charge in [-0.1, -0.05) is 12.1 Å². The molecule has 0 bridgehead atoms. The fraction of sp³-hybridized carbons (Fsp3) is 0.333. The van der Waals surface area contributed by atoms with Crippen molar-refractivity contribution >= 4 is 29.3 Å². The van der Waals surface area contributed by atoms with Crippen LogP contribution in [0.2, 0.25) is 0 Å². The van der Waals surface area contributed by atoms with Gasteiger partial charge in [0, 0.05) is 11.5 Å². The van der Waals surface area contributed by atoms with E-state index in [2.05, 4.69) is 5.32 Å². The van der Waals surface area contributed by atoms with Gasteiger partial charge < -0.3 is 15.8 Å². The van der Waals surface area contributed by atoms with Gasteiger partial charge in [-0.15, -0.1) is 11.8 Å². The largest absolute Gasteiger partial charge is 0.372 e. The van der Waals surface area contributed by atoms with Crippen LogP contribution in [0.25, 0.3) is 0 Å². The van der Waals surface area contributed by atoms with E-state index < -0.39 is 5.91 Å². The summed E-state index contributed by atoms with van der Waals surface area (Å²) in [5.41, 5.74) is 5.75. The predicted octanol–water partition coefficient (Wildman–Crippen LogP) is 1.24. The molecule has 0 spiro atoms. The molecule has 18 heavy (non-hydrogen) atoms. The number of carbonyl (C=O) groups is 2. The van der Waals surface area contributed by atoms with Crippen LogP contribution in [-0.2, 0) is 14.3 Å². The number of anilines is 1. The molecule has 0 unspecified atom stereocenters. The zero-order chi connectivity index (χ0) is 13.4. The van der Waals surface area contributed by atoms with Crippen LogP contribution in [-0.4, -0.2) is 30.8 Å². The van der Waals surface area contributed by atoms with Gasteiger partial charge in [-0.05, 0) is 19.1 Å². The highest BCUT2D eigenvalue weighted by atomic mass is 32.2. The number of para-hydroxylation sites is 1. The van der Waals surface area contributed by atoms with Gasteiger partial charge in [-0.3, -0.25) is 9.59 Å². The molecule has 1 aromatic carbocycles. The Balaban J connectivity index is 2.63. The first-order valence-electron chi connectivity index (χ1n) is 5.51. The second-order valence-electron chi connectivity index (χ2n) is 3.44. The van der Waals surface area contributed by atoms with Crippen LogP contribution in [0.3, 0.4) is 0 Å². The smallest absolute Gasteiger partial charge is 0.250 e. The molecule has 0 heterocycles. The molecule has 3 N–H and O–H groups in total. The van der Waals surface area contributed by atoms with Crippen molar-refractivity contribution < 1.29 is 14.3 Å². The lowest BCUT2D eigenvalue weighted by atomic mass is 10.3. The summed E-state index contributed by atoms with van der Waals surface area (Å²) in [5, 5.41) is 2.73. The number of amides is 2. The van der Waals surface area contributed by atoms with E-state index in [1.54, 1.807) is 6.07 Å². The SMILES string of the molecule is CCOCC(=O)Nc1ccccc1SCC(N)=O. The highest BCUT2D eigenvalue weighted by Crippen LogP contribution is 2.26. The van der Waals surface area contributed by atoms with E-state index in [0.29, 0.717) is 12.3 Å². The summed E-state index contributed by atoms with van der Waals surface area (Å²) >= 11 is 1.29. The van der Waals surface area contributed by atoms with E-state index in [0.717, 1.165) is 4.90 Å². The Morgan fingerprint density at radius 2 is 2.11 bits per heavy atom. The first-order chi connectivity index (χ1) is 8.63. The van der Waals surface area contributed by atoms with Gasteiger partial charge >= 0.3 is 0 Å². The highest BCUT2D eigenvalue weighted by Gasteiger charge is 2.07. The summed E-state index contributed by atoms with van der Waals surface area (Å²) in [6, 6.07) is 7.24. The molecule has 0 atom stereocenters. The van der Waals surface area contributed by atoms with Crippen molar-refractivity contribution in [1.82, 2.24) is 0 Å². The van der Waals surface area contributed by atoms with Crippen molar-refractivity contribution in [2.24, 2.45) is 5.73 Å². The lowest BCUT2D eigenvalue weighted by Gasteiger charge is -2.09. The van der Waals surface area contributed by atoms with Gasteiger partial charge in [-0.2, -0.15) is 0 Å². The average Bonchev–Trinajstić information content (AvgIpc) is 2.35. The van der Waals surface area contributed by atoms with Crippen LogP contribution in [0.4, 0.5) is 5.69 Å². The highest BCUT2D eigenvalue weighted by molar-refractivity contribution is 8.00. The molecule has 0 saturated heterocycles. The number of hydrogen-bond acceptors (Lipinski definition) is 4. The molecule has 0 fully saturated rings. The third kappa shape index (κ3) is 5.20. The Bertz CT molecular complexity index is 424. The molecule has 0 aliphatic heterocycles. The number of nitrogens with one attached hydrogen (secondary N) is 1. The molecule has 0 saturated carbocycles. The standard InChI is InChI=1S/C12H16N2O3S/c1-2-17-7-12(16)14-9-5-3-4-6-10(9)18-8-11(13)15/h3-6H,2,7-8H2,1H3,(H2,13,15)(H,14,16). The molecule has 1 rings (SSSR count). The number of thioether (sulfide) groups is 1. The van der Waals surface area contributed by atoms with Gasteiger partial charge in [0.25, 0.3) is 0 Å². The summed E-state index contributed by atoms with van der Waals surface area (Å²) in [6.07, 6.45) is 0. The first kappa shape index (κ1) is 14.5. The molecule has 0 aromatic heterocycles. The number of carbonyl (C=O) groups excluding carboxylic acids is 2. The minimum atomic E-state index is -0.393. The average molecular weight is 268 g/mol. The van der Waals surface area contributed by atoms with Gasteiger partial charge in [0.1, 0.15) is 6.61 Å². The third-order valence-electron chi connectivity index (χ3n) is 1.97. The van der Waals surface area contributed by atoms with Gasteiger partial charge in [0.05, 0.1) is 11.4 Å². The van der Waals surface area contributed by atoms with E-state index in [1.165, 1.54) is 11.8 Å². The molecule has 98 valence electrons. The number of primary amides is 1. The maximum absolute atomic E-state index is 11.5. The molecule has 2 amide bonds. The summed E-state index contributed by atoms with van der Waals surface area (Å²) in [5.74, 6) is -0.433. The number of benzene rings is 1. The topological polar surface area (TPSA) is 81.4 Å². The van der Waals surface area contributed by atoms with Crippen LogP contribution in [0.15, 0.2) is 29.2 Å². The first-order valence-corrected chi connectivity index (χ1v) is 6.49. The molecule has 5 nitrogen and oxygen atoms in total. The Morgan fingerprint density at radius 1 is 1.39 bits per heavy atom. The molecular weight excluding hydrogens is 252 g/mol. The molecule has 1 aromatic rings. The molecule has 0 aliphatic carbocycles. The fourth-order valence-electron chi connectivity index (χ4n) is 1.23. The lowest BCUT2D eigenvalue weighted by molar-refractivity contribution is -0.120. The second kappa shape index (κ2) is 7.73. The number of hydrogen-bond donors (Lipinski definition) is 2. The maximum Gasteiger partial charge on any atom is 0.250 e. The van der Waals surface area contributed by atoms with Gasteiger partial charge in [0.15, 0.2) is 0 Å². The van der Waals surface area contributed by atoms with Crippen molar-refractivity contribution in [1.29, 1.82) is 0 Å². The molecule has 0 aliphatic rings. The normalized spacial score (nSPS) is 10.1. The molecular formula is C12H16N2O3S. The minimum Gasteiger partial charge on any atom is -0.372 e. The Hall–Kier alpha value is -1.53. The van der Waals surface area contributed by atoms with Gasteiger partial charge in [0.2, 0.25) is 11.8 Å². The van der Waals surface area contributed by atoms with Crippen LogP contribution in [0, 0.1) is 0 Å². The van der Waals surface area contributed by atoms with Crippen LogP contribution in [0.1, 0.15) is 6.92 Å². The Labute approximate surface area is 110 Å². The number of nitrogens with two attached hydrogens (primary N) is 1. The van der Waals surface area contributed by atoms with E-state index in [4.69, 9.17) is 10.5 Å².